The number of aromatic amines is 1. The zero-order chi connectivity index (χ0) is 24.3. The van der Waals surface area contributed by atoms with Gasteiger partial charge in [-0.1, -0.05) is 12.1 Å². The lowest BCUT2D eigenvalue weighted by atomic mass is 10.1. The van der Waals surface area contributed by atoms with Gasteiger partial charge in [-0.15, -0.1) is 0 Å². The van der Waals surface area contributed by atoms with Crippen molar-refractivity contribution in [1.29, 1.82) is 0 Å². The second-order valence-electron chi connectivity index (χ2n) is 8.48. The van der Waals surface area contributed by atoms with Gasteiger partial charge in [-0.2, -0.15) is 10.1 Å². The average molecular weight is 480 g/mol. The van der Waals surface area contributed by atoms with E-state index < -0.39 is 0 Å². The molecule has 0 amide bonds. The third kappa shape index (κ3) is 4.53. The van der Waals surface area contributed by atoms with E-state index in [-0.39, 0.29) is 0 Å². The van der Waals surface area contributed by atoms with Crippen LogP contribution in [-0.2, 0) is 4.74 Å². The Morgan fingerprint density at radius 1 is 0.861 bits per heavy atom. The predicted octanol–water partition coefficient (Wildman–Crippen LogP) is 4.44. The molecule has 36 heavy (non-hydrogen) atoms. The number of nitrogens with one attached hydrogen (secondary N) is 3. The van der Waals surface area contributed by atoms with Crippen molar-refractivity contribution in [2.45, 2.75) is 6.92 Å². The fourth-order valence-corrected chi connectivity index (χ4v) is 4.30. The van der Waals surface area contributed by atoms with Crippen LogP contribution in [0, 0.1) is 6.92 Å². The van der Waals surface area contributed by atoms with Crippen molar-refractivity contribution >= 4 is 39.9 Å². The van der Waals surface area contributed by atoms with E-state index in [4.69, 9.17) is 9.72 Å². The van der Waals surface area contributed by atoms with Crippen molar-refractivity contribution in [3.8, 4) is 11.4 Å². The lowest BCUT2D eigenvalue weighted by Crippen LogP contribution is -2.36. The van der Waals surface area contributed by atoms with Crippen molar-refractivity contribution in [3.05, 3.63) is 72.7 Å². The van der Waals surface area contributed by atoms with Gasteiger partial charge in [0, 0.05) is 53.5 Å². The molecule has 10 nitrogen and oxygen atoms in total. The summed E-state index contributed by atoms with van der Waals surface area (Å²) in [7, 11) is 0. The van der Waals surface area contributed by atoms with Crippen molar-refractivity contribution in [3.63, 3.8) is 0 Å². The van der Waals surface area contributed by atoms with Gasteiger partial charge >= 0.3 is 0 Å². The lowest BCUT2D eigenvalue weighted by molar-refractivity contribution is 0.122. The number of fused-ring (bicyclic) bond motifs is 1. The SMILES string of the molecule is Cc1[nH]nc2cccc(-c3nccc(Nc4ccnc(Nc5ccc(N6CCOCC6)cc5)n4)n3)c12. The summed E-state index contributed by atoms with van der Waals surface area (Å²) < 4.78 is 5.44. The molecule has 0 radical (unpaired) electrons. The summed E-state index contributed by atoms with van der Waals surface area (Å²) in [5.41, 5.74) is 4.88. The van der Waals surface area contributed by atoms with Gasteiger partial charge in [0.05, 0.1) is 18.7 Å². The molecule has 10 heteroatoms. The summed E-state index contributed by atoms with van der Waals surface area (Å²) in [4.78, 5) is 20.5. The first-order valence-electron chi connectivity index (χ1n) is 11.8. The van der Waals surface area contributed by atoms with Gasteiger partial charge in [-0.3, -0.25) is 5.10 Å². The summed E-state index contributed by atoms with van der Waals surface area (Å²) in [6, 6.07) is 17.8. The van der Waals surface area contributed by atoms with Crippen molar-refractivity contribution in [1.82, 2.24) is 30.1 Å². The van der Waals surface area contributed by atoms with Crippen LogP contribution in [0.25, 0.3) is 22.3 Å². The first kappa shape index (κ1) is 21.9. The molecule has 4 heterocycles. The van der Waals surface area contributed by atoms with Crippen LogP contribution < -0.4 is 15.5 Å². The van der Waals surface area contributed by atoms with Gasteiger partial charge in [-0.05, 0) is 49.4 Å². The zero-order valence-electron chi connectivity index (χ0n) is 19.8. The van der Waals surface area contributed by atoms with Gasteiger partial charge in [0.1, 0.15) is 11.6 Å². The van der Waals surface area contributed by atoms with Gasteiger partial charge in [0.2, 0.25) is 5.95 Å². The molecular formula is C26H25N9O. The highest BCUT2D eigenvalue weighted by atomic mass is 16.5. The molecule has 1 aliphatic rings. The molecule has 3 N–H and O–H groups in total. The Bertz CT molecular complexity index is 1490. The van der Waals surface area contributed by atoms with E-state index in [0.717, 1.165) is 54.2 Å². The van der Waals surface area contributed by atoms with E-state index in [0.29, 0.717) is 23.4 Å². The Hall–Kier alpha value is -4.57. The quantitative estimate of drug-likeness (QED) is 0.325. The van der Waals surface area contributed by atoms with Crippen LogP contribution in [0.3, 0.4) is 0 Å². The number of H-pyrrole nitrogens is 1. The minimum absolute atomic E-state index is 0.493. The Morgan fingerprint density at radius 2 is 1.64 bits per heavy atom. The van der Waals surface area contributed by atoms with Crippen LogP contribution in [0.4, 0.5) is 29.0 Å². The molecule has 1 aliphatic heterocycles. The number of aryl methyl sites for hydroxylation is 1. The van der Waals surface area contributed by atoms with E-state index in [1.807, 2.05) is 43.3 Å². The smallest absolute Gasteiger partial charge is 0.229 e. The molecule has 6 rings (SSSR count). The van der Waals surface area contributed by atoms with Crippen LogP contribution in [0.1, 0.15) is 5.69 Å². The summed E-state index contributed by atoms with van der Waals surface area (Å²) in [6.45, 7) is 5.34. The van der Waals surface area contributed by atoms with Gasteiger partial charge in [-0.25, -0.2) is 15.0 Å². The molecule has 5 aromatic rings. The standard InChI is InChI=1S/C26H25N9O/c1-17-24-20(3-2-4-21(24)34-33-17)25-27-11-9-22(31-25)30-23-10-12-28-26(32-23)29-18-5-7-19(8-6-18)35-13-15-36-16-14-35/h2-12H,13-16H2,1H3,(H,33,34)(H2,27,28,29,30,31,32). The van der Waals surface area contributed by atoms with Crippen molar-refractivity contribution in [2.75, 3.05) is 41.8 Å². The molecule has 180 valence electrons. The zero-order valence-corrected chi connectivity index (χ0v) is 19.8. The summed E-state index contributed by atoms with van der Waals surface area (Å²) >= 11 is 0. The average Bonchev–Trinajstić information content (AvgIpc) is 3.31. The maximum atomic E-state index is 5.44. The highest BCUT2D eigenvalue weighted by Crippen LogP contribution is 2.28. The predicted molar refractivity (Wildman–Crippen MR) is 140 cm³/mol. The number of rotatable bonds is 6. The van der Waals surface area contributed by atoms with Crippen LogP contribution in [0.2, 0.25) is 0 Å². The highest BCUT2D eigenvalue weighted by Gasteiger charge is 2.13. The van der Waals surface area contributed by atoms with E-state index >= 15 is 0 Å². The molecule has 0 atom stereocenters. The Labute approximate surface area is 207 Å². The van der Waals surface area contributed by atoms with E-state index in [2.05, 4.69) is 52.8 Å². The first-order valence-corrected chi connectivity index (χ1v) is 11.8. The number of benzene rings is 2. The topological polar surface area (TPSA) is 117 Å². The minimum Gasteiger partial charge on any atom is -0.378 e. The van der Waals surface area contributed by atoms with Crippen LogP contribution in [0.5, 0.6) is 0 Å². The molecule has 1 saturated heterocycles. The lowest BCUT2D eigenvalue weighted by Gasteiger charge is -2.28. The summed E-state index contributed by atoms with van der Waals surface area (Å²) in [6.07, 6.45) is 3.44. The van der Waals surface area contributed by atoms with Crippen LogP contribution in [0.15, 0.2) is 67.0 Å². The van der Waals surface area contributed by atoms with E-state index in [1.165, 1.54) is 5.69 Å². The molecular weight excluding hydrogens is 454 g/mol. The normalized spacial score (nSPS) is 13.6. The van der Waals surface area contributed by atoms with Crippen LogP contribution in [-0.4, -0.2) is 56.4 Å². The van der Waals surface area contributed by atoms with Gasteiger partial charge in [0.15, 0.2) is 5.82 Å². The fourth-order valence-electron chi connectivity index (χ4n) is 4.30. The Balaban J connectivity index is 1.18. The van der Waals surface area contributed by atoms with Gasteiger partial charge < -0.3 is 20.3 Å². The number of anilines is 5. The molecule has 0 spiro atoms. The van der Waals surface area contributed by atoms with E-state index in [9.17, 15) is 0 Å². The second-order valence-corrected chi connectivity index (χ2v) is 8.48. The highest BCUT2D eigenvalue weighted by molar-refractivity contribution is 5.94. The van der Waals surface area contributed by atoms with E-state index in [1.54, 1.807) is 18.5 Å². The second kappa shape index (κ2) is 9.59. The molecule has 0 unspecified atom stereocenters. The Kier molecular flexibility index (Phi) is 5.84. The summed E-state index contributed by atoms with van der Waals surface area (Å²) in [5, 5.41) is 14.9. The third-order valence-corrected chi connectivity index (χ3v) is 6.07. The molecule has 2 aromatic carbocycles. The van der Waals surface area contributed by atoms with Crippen molar-refractivity contribution in [2.24, 2.45) is 0 Å². The largest absolute Gasteiger partial charge is 0.378 e. The van der Waals surface area contributed by atoms with Crippen LogP contribution >= 0.6 is 0 Å². The number of morpholine rings is 1. The third-order valence-electron chi connectivity index (χ3n) is 6.07. The number of nitrogens with zero attached hydrogens (tertiary/aromatic N) is 6. The fraction of sp³-hybridized carbons (Fsp3) is 0.192. The van der Waals surface area contributed by atoms with Gasteiger partial charge in [0.25, 0.3) is 0 Å². The molecule has 0 saturated carbocycles. The maximum Gasteiger partial charge on any atom is 0.229 e. The number of hydrogen-bond acceptors (Lipinski definition) is 9. The number of aromatic nitrogens is 6. The summed E-state index contributed by atoms with van der Waals surface area (Å²) in [5.74, 6) is 2.37. The molecule has 3 aromatic heterocycles. The minimum atomic E-state index is 0.493. The maximum absolute atomic E-state index is 5.44. The first-order chi connectivity index (χ1) is 17.7. The number of ether oxygens (including phenoxy) is 1. The monoisotopic (exact) mass is 479 g/mol. The molecule has 1 fully saturated rings. The molecule has 0 aliphatic carbocycles. The van der Waals surface area contributed by atoms with Crippen molar-refractivity contribution < 1.29 is 4.74 Å². The number of hydrogen-bond donors (Lipinski definition) is 3. The molecule has 0 bridgehead atoms. The Morgan fingerprint density at radius 3 is 2.47 bits per heavy atom.